The number of alkyl halides is 3. The summed E-state index contributed by atoms with van der Waals surface area (Å²) in [5.74, 6) is -0.475. The molecule has 0 aliphatic rings. The maximum Gasteiger partial charge on any atom is 0.389 e. The molecular formula is C21H24F4N2O. The predicted molar refractivity (Wildman–Crippen MR) is 100 cm³/mol. The van der Waals surface area contributed by atoms with E-state index in [9.17, 15) is 22.4 Å². The quantitative estimate of drug-likeness (QED) is 0.460. The Kier molecular flexibility index (Phi) is 7.54. The molecule has 152 valence electrons. The van der Waals surface area contributed by atoms with Crippen molar-refractivity contribution in [3.63, 3.8) is 0 Å². The fraction of sp³-hybridized carbons (Fsp3) is 0.429. The number of hydrogen-bond acceptors (Lipinski definition) is 2. The van der Waals surface area contributed by atoms with Crippen molar-refractivity contribution in [3.05, 3.63) is 53.0 Å². The summed E-state index contributed by atoms with van der Waals surface area (Å²) in [6.45, 7) is 4.17. The van der Waals surface area contributed by atoms with E-state index in [0.717, 1.165) is 12.8 Å². The first-order valence-electron chi connectivity index (χ1n) is 9.25. The van der Waals surface area contributed by atoms with E-state index in [1.165, 1.54) is 24.3 Å². The van der Waals surface area contributed by atoms with Gasteiger partial charge in [0.05, 0.1) is 5.69 Å². The van der Waals surface area contributed by atoms with Crippen LogP contribution in [0.15, 0.2) is 30.3 Å². The van der Waals surface area contributed by atoms with Crippen molar-refractivity contribution in [1.82, 2.24) is 10.3 Å². The summed E-state index contributed by atoms with van der Waals surface area (Å²) in [7, 11) is 0. The van der Waals surface area contributed by atoms with Gasteiger partial charge in [0, 0.05) is 30.1 Å². The number of halogens is 4. The van der Waals surface area contributed by atoms with Crippen molar-refractivity contribution in [3.8, 4) is 11.3 Å². The molecule has 1 aromatic heterocycles. The van der Waals surface area contributed by atoms with Crippen LogP contribution in [0.25, 0.3) is 11.3 Å². The largest absolute Gasteiger partial charge is 0.389 e. The highest BCUT2D eigenvalue weighted by Crippen LogP contribution is 2.32. The van der Waals surface area contributed by atoms with Gasteiger partial charge in [0.15, 0.2) is 0 Å². The lowest BCUT2D eigenvalue weighted by atomic mass is 9.92. The Morgan fingerprint density at radius 1 is 1.21 bits per heavy atom. The lowest BCUT2D eigenvalue weighted by Crippen LogP contribution is -2.21. The number of nitrogens with zero attached hydrogens (tertiary/aromatic N) is 1. The molecule has 1 aromatic carbocycles. The van der Waals surface area contributed by atoms with Gasteiger partial charge in [-0.3, -0.25) is 9.78 Å². The fourth-order valence-electron chi connectivity index (χ4n) is 3.26. The van der Waals surface area contributed by atoms with Crippen LogP contribution in [-0.2, 0) is 11.2 Å². The highest BCUT2D eigenvalue weighted by atomic mass is 19.4. The number of amides is 1. The zero-order chi connectivity index (χ0) is 20.7. The van der Waals surface area contributed by atoms with Crippen molar-refractivity contribution in [2.75, 3.05) is 6.54 Å². The van der Waals surface area contributed by atoms with Gasteiger partial charge in [-0.05, 0) is 61.2 Å². The van der Waals surface area contributed by atoms with Gasteiger partial charge in [-0.25, -0.2) is 4.39 Å². The molecule has 0 radical (unpaired) electrons. The summed E-state index contributed by atoms with van der Waals surface area (Å²) < 4.78 is 51.7. The first-order valence-corrected chi connectivity index (χ1v) is 9.25. The van der Waals surface area contributed by atoms with E-state index in [1.807, 2.05) is 6.92 Å². The molecule has 1 heterocycles. The predicted octanol–water partition coefficient (Wildman–Crippen LogP) is 5.32. The molecule has 0 aliphatic carbocycles. The fourth-order valence-corrected chi connectivity index (χ4v) is 3.26. The molecular weight excluding hydrogens is 372 g/mol. The van der Waals surface area contributed by atoms with Crippen LogP contribution in [0.4, 0.5) is 17.6 Å². The Bertz CT molecular complexity index is 788. The van der Waals surface area contributed by atoms with Crippen molar-refractivity contribution in [2.45, 2.75) is 51.6 Å². The molecule has 1 N–H and O–H groups in total. The molecule has 1 amide bonds. The van der Waals surface area contributed by atoms with Crippen LogP contribution >= 0.6 is 0 Å². The van der Waals surface area contributed by atoms with E-state index in [2.05, 4.69) is 10.3 Å². The van der Waals surface area contributed by atoms with Gasteiger partial charge >= 0.3 is 6.18 Å². The molecule has 28 heavy (non-hydrogen) atoms. The van der Waals surface area contributed by atoms with Gasteiger partial charge in [-0.2, -0.15) is 13.2 Å². The second-order valence-corrected chi connectivity index (χ2v) is 6.82. The minimum absolute atomic E-state index is 0.0511. The van der Waals surface area contributed by atoms with Gasteiger partial charge in [-0.15, -0.1) is 0 Å². The summed E-state index contributed by atoms with van der Waals surface area (Å²) in [6.07, 6.45) is -3.15. The van der Waals surface area contributed by atoms with Crippen LogP contribution in [0.1, 0.15) is 48.9 Å². The topological polar surface area (TPSA) is 42.0 Å². The van der Waals surface area contributed by atoms with Gasteiger partial charge in [0.1, 0.15) is 5.82 Å². The molecule has 2 rings (SSSR count). The zero-order valence-corrected chi connectivity index (χ0v) is 15.9. The Morgan fingerprint density at radius 2 is 1.89 bits per heavy atom. The van der Waals surface area contributed by atoms with Crippen LogP contribution in [0.3, 0.4) is 0 Å². The Labute approximate surface area is 162 Å². The number of benzene rings is 1. The monoisotopic (exact) mass is 396 g/mol. The molecule has 0 saturated heterocycles. The van der Waals surface area contributed by atoms with E-state index >= 15 is 0 Å². The molecule has 0 fully saturated rings. The number of hydrogen-bond donors (Lipinski definition) is 1. The Morgan fingerprint density at radius 3 is 2.46 bits per heavy atom. The van der Waals surface area contributed by atoms with E-state index in [1.54, 1.807) is 13.0 Å². The number of rotatable bonds is 9. The molecule has 0 bridgehead atoms. The SMILES string of the molecule is CCCC(CNC=O)c1cc(C)c(CCC(F)(F)F)c(-c2ccc(F)cc2)n1. The van der Waals surface area contributed by atoms with Crippen molar-refractivity contribution in [1.29, 1.82) is 0 Å². The van der Waals surface area contributed by atoms with Crippen LogP contribution in [0.2, 0.25) is 0 Å². The lowest BCUT2D eigenvalue weighted by Gasteiger charge is -2.20. The maximum atomic E-state index is 13.3. The van der Waals surface area contributed by atoms with Crippen molar-refractivity contribution < 1.29 is 22.4 Å². The first-order chi connectivity index (χ1) is 13.2. The molecule has 0 spiro atoms. The number of carbonyl (C=O) groups is 1. The lowest BCUT2D eigenvalue weighted by molar-refractivity contribution is -0.134. The molecule has 0 saturated carbocycles. The minimum Gasteiger partial charge on any atom is -0.358 e. The van der Waals surface area contributed by atoms with Gasteiger partial charge in [0.25, 0.3) is 0 Å². The van der Waals surface area contributed by atoms with E-state index in [0.29, 0.717) is 41.0 Å². The summed E-state index contributed by atoms with van der Waals surface area (Å²) in [5, 5.41) is 2.66. The highest BCUT2D eigenvalue weighted by molar-refractivity contribution is 5.65. The number of carbonyl (C=O) groups excluding carboxylic acids is 1. The Balaban J connectivity index is 2.52. The average Bonchev–Trinajstić information content (AvgIpc) is 2.63. The first kappa shape index (κ1) is 21.9. The third-order valence-corrected chi connectivity index (χ3v) is 4.65. The summed E-state index contributed by atoms with van der Waals surface area (Å²) in [6, 6.07) is 7.38. The van der Waals surface area contributed by atoms with E-state index in [4.69, 9.17) is 0 Å². The molecule has 3 nitrogen and oxygen atoms in total. The van der Waals surface area contributed by atoms with Crippen LogP contribution in [0.5, 0.6) is 0 Å². The average molecular weight is 396 g/mol. The second-order valence-electron chi connectivity index (χ2n) is 6.82. The number of nitrogens with one attached hydrogen (secondary N) is 1. The van der Waals surface area contributed by atoms with Crippen LogP contribution < -0.4 is 5.32 Å². The van der Waals surface area contributed by atoms with Gasteiger partial charge < -0.3 is 5.32 Å². The molecule has 7 heteroatoms. The van der Waals surface area contributed by atoms with Crippen molar-refractivity contribution in [2.24, 2.45) is 0 Å². The third kappa shape index (κ3) is 6.04. The number of aromatic nitrogens is 1. The van der Waals surface area contributed by atoms with Gasteiger partial charge in [-0.1, -0.05) is 13.3 Å². The molecule has 2 aromatic rings. The van der Waals surface area contributed by atoms with E-state index in [-0.39, 0.29) is 12.3 Å². The molecule has 0 aliphatic heterocycles. The standard InChI is InChI=1S/C21H24F4N2O/c1-3-4-16(12-26-13-28)19-11-14(2)18(9-10-21(23,24)25)20(27-19)15-5-7-17(22)8-6-15/h5-8,11,13,16H,3-4,9-10,12H2,1-2H3,(H,26,28). The van der Waals surface area contributed by atoms with Crippen LogP contribution in [0, 0.1) is 12.7 Å². The van der Waals surface area contributed by atoms with Crippen molar-refractivity contribution >= 4 is 6.41 Å². The smallest absolute Gasteiger partial charge is 0.358 e. The van der Waals surface area contributed by atoms with Gasteiger partial charge in [0.2, 0.25) is 6.41 Å². The summed E-state index contributed by atoms with van der Waals surface area (Å²) >= 11 is 0. The highest BCUT2D eigenvalue weighted by Gasteiger charge is 2.28. The normalized spacial score (nSPS) is 12.6. The minimum atomic E-state index is -4.27. The third-order valence-electron chi connectivity index (χ3n) is 4.65. The molecule has 1 atom stereocenters. The number of aryl methyl sites for hydroxylation is 1. The number of pyridine rings is 1. The van der Waals surface area contributed by atoms with E-state index < -0.39 is 18.4 Å². The zero-order valence-electron chi connectivity index (χ0n) is 15.9. The Hall–Kier alpha value is -2.44. The summed E-state index contributed by atoms with van der Waals surface area (Å²) in [5.41, 5.74) is 2.93. The second kappa shape index (κ2) is 9.66. The maximum absolute atomic E-state index is 13.3. The van der Waals surface area contributed by atoms with Crippen LogP contribution in [-0.4, -0.2) is 24.1 Å². The molecule has 1 unspecified atom stereocenters. The summed E-state index contributed by atoms with van der Waals surface area (Å²) in [4.78, 5) is 15.4.